The van der Waals surface area contributed by atoms with Gasteiger partial charge in [-0.15, -0.1) is 11.3 Å². The Kier molecular flexibility index (Phi) is 3.47. The predicted molar refractivity (Wildman–Crippen MR) is 81.1 cm³/mol. The molecule has 1 aliphatic carbocycles. The molecular formula is C13H15N3O2S2. The highest BCUT2D eigenvalue weighted by atomic mass is 32.2. The lowest BCUT2D eigenvalue weighted by molar-refractivity contribution is -0.120. The van der Waals surface area contributed by atoms with Crippen LogP contribution in [0.4, 0.5) is 5.69 Å². The number of nitrogens with zero attached hydrogens (tertiary/aromatic N) is 1. The van der Waals surface area contributed by atoms with Crippen molar-refractivity contribution in [1.82, 2.24) is 10.3 Å². The van der Waals surface area contributed by atoms with Gasteiger partial charge in [-0.05, 0) is 38.0 Å². The van der Waals surface area contributed by atoms with E-state index in [-0.39, 0.29) is 11.9 Å². The average molecular weight is 309 g/mol. The molecule has 3 rings (SSSR count). The lowest BCUT2D eigenvalue weighted by Gasteiger charge is -2.09. The summed E-state index contributed by atoms with van der Waals surface area (Å²) in [5.74, 6) is -0.162. The molecule has 2 atom stereocenters. The van der Waals surface area contributed by atoms with Gasteiger partial charge >= 0.3 is 0 Å². The second kappa shape index (κ2) is 5.14. The van der Waals surface area contributed by atoms with Crippen LogP contribution in [0.2, 0.25) is 0 Å². The molecule has 0 saturated heterocycles. The van der Waals surface area contributed by atoms with Crippen LogP contribution in [0.3, 0.4) is 0 Å². The van der Waals surface area contributed by atoms with Gasteiger partial charge < -0.3 is 11.1 Å². The van der Waals surface area contributed by atoms with Crippen LogP contribution < -0.4 is 11.1 Å². The molecule has 7 heteroatoms. The van der Waals surface area contributed by atoms with Crippen molar-refractivity contribution in [2.75, 3.05) is 5.73 Å². The number of nitrogens with one attached hydrogen (secondary N) is 1. The highest BCUT2D eigenvalue weighted by Crippen LogP contribution is 2.27. The summed E-state index contributed by atoms with van der Waals surface area (Å²) in [4.78, 5) is 16.3. The normalized spacial score (nSPS) is 17.9. The topological polar surface area (TPSA) is 85.1 Å². The maximum absolute atomic E-state index is 12.4. The van der Waals surface area contributed by atoms with Gasteiger partial charge in [0.1, 0.15) is 5.25 Å². The monoisotopic (exact) mass is 309 g/mol. The fourth-order valence-corrected chi connectivity index (χ4v) is 4.33. The van der Waals surface area contributed by atoms with Crippen LogP contribution >= 0.6 is 11.3 Å². The number of fused-ring (bicyclic) bond motifs is 1. The number of carbonyl (C=O) groups excluding carboxylic acids is 1. The number of rotatable bonds is 4. The zero-order valence-electron chi connectivity index (χ0n) is 11.0. The minimum absolute atomic E-state index is 0.162. The highest BCUT2D eigenvalue weighted by Gasteiger charge is 2.29. The number of aromatic nitrogens is 1. The number of hydrogen-bond donors (Lipinski definition) is 2. The molecule has 3 N–H and O–H groups in total. The second-order valence-electron chi connectivity index (χ2n) is 4.93. The van der Waals surface area contributed by atoms with Gasteiger partial charge in [0.2, 0.25) is 5.91 Å². The van der Waals surface area contributed by atoms with E-state index >= 15 is 0 Å². The third kappa shape index (κ3) is 2.69. The van der Waals surface area contributed by atoms with Crippen molar-refractivity contribution in [3.8, 4) is 0 Å². The highest BCUT2D eigenvalue weighted by molar-refractivity contribution is 7.88. The number of nitrogen functional groups attached to an aromatic ring is 1. The van der Waals surface area contributed by atoms with Crippen molar-refractivity contribution < 1.29 is 9.00 Å². The summed E-state index contributed by atoms with van der Waals surface area (Å²) in [6, 6.07) is 5.65. The van der Waals surface area contributed by atoms with Crippen molar-refractivity contribution in [3.05, 3.63) is 18.2 Å². The predicted octanol–water partition coefficient (Wildman–Crippen LogP) is 1.65. The van der Waals surface area contributed by atoms with Crippen LogP contribution in [0.1, 0.15) is 19.8 Å². The molecule has 1 amide bonds. The van der Waals surface area contributed by atoms with Gasteiger partial charge in [-0.1, -0.05) is 0 Å². The third-order valence-electron chi connectivity index (χ3n) is 3.18. The summed E-state index contributed by atoms with van der Waals surface area (Å²) in [5, 5.41) is 2.28. The maximum atomic E-state index is 12.4. The quantitative estimate of drug-likeness (QED) is 0.841. The van der Waals surface area contributed by atoms with Crippen molar-refractivity contribution in [3.63, 3.8) is 0 Å². The lowest BCUT2D eigenvalue weighted by Crippen LogP contribution is -2.36. The first-order valence-corrected chi connectivity index (χ1v) is 8.44. The molecule has 20 heavy (non-hydrogen) atoms. The SMILES string of the molecule is CC(C(=O)NC1CC1)S(=O)c1nc2ccc(N)cc2s1. The van der Waals surface area contributed by atoms with E-state index in [1.54, 1.807) is 19.1 Å². The molecule has 1 aliphatic rings. The molecule has 1 fully saturated rings. The number of hydrogen-bond acceptors (Lipinski definition) is 5. The van der Waals surface area contributed by atoms with E-state index in [2.05, 4.69) is 10.3 Å². The molecule has 0 radical (unpaired) electrons. The molecule has 2 aromatic rings. The number of nitrogens with two attached hydrogens (primary N) is 1. The van der Waals surface area contributed by atoms with E-state index < -0.39 is 16.0 Å². The van der Waals surface area contributed by atoms with Crippen molar-refractivity contribution in [2.24, 2.45) is 0 Å². The standard InChI is InChI=1S/C13H15N3O2S2/c1-7(12(17)15-9-3-4-9)20(18)13-16-10-5-2-8(14)6-11(10)19-13/h2,5-7,9H,3-4,14H2,1H3,(H,15,17). The van der Waals surface area contributed by atoms with Crippen LogP contribution in [-0.4, -0.2) is 26.4 Å². The van der Waals surface area contributed by atoms with Crippen LogP contribution in [0.15, 0.2) is 22.5 Å². The smallest absolute Gasteiger partial charge is 0.236 e. The van der Waals surface area contributed by atoms with E-state index in [0.717, 1.165) is 23.1 Å². The van der Waals surface area contributed by atoms with Gasteiger partial charge in [-0.3, -0.25) is 9.00 Å². The molecule has 0 aliphatic heterocycles. The van der Waals surface area contributed by atoms with Gasteiger partial charge in [0.15, 0.2) is 4.34 Å². The van der Waals surface area contributed by atoms with Crippen LogP contribution in [-0.2, 0) is 15.6 Å². The Morgan fingerprint density at radius 3 is 3.00 bits per heavy atom. The van der Waals surface area contributed by atoms with Gasteiger partial charge in [0.05, 0.1) is 21.0 Å². The Morgan fingerprint density at radius 1 is 1.55 bits per heavy atom. The number of amides is 1. The first-order chi connectivity index (χ1) is 9.54. The molecule has 1 aromatic heterocycles. The Labute approximate surface area is 123 Å². The van der Waals surface area contributed by atoms with Crippen molar-refractivity contribution in [2.45, 2.75) is 35.4 Å². The van der Waals surface area contributed by atoms with E-state index in [1.165, 1.54) is 11.3 Å². The molecule has 1 aromatic carbocycles. The zero-order chi connectivity index (χ0) is 14.3. The van der Waals surface area contributed by atoms with Crippen LogP contribution in [0, 0.1) is 0 Å². The number of thiazole rings is 1. The summed E-state index contributed by atoms with van der Waals surface area (Å²) >= 11 is 1.33. The number of benzene rings is 1. The Hall–Kier alpha value is -1.47. The second-order valence-corrected chi connectivity index (χ2v) is 7.91. The van der Waals surface area contributed by atoms with E-state index in [0.29, 0.717) is 10.0 Å². The first kappa shape index (κ1) is 13.5. The van der Waals surface area contributed by atoms with Gasteiger partial charge in [-0.2, -0.15) is 0 Å². The minimum atomic E-state index is -1.43. The summed E-state index contributed by atoms with van der Waals surface area (Å²) in [5.41, 5.74) is 7.13. The molecule has 2 unspecified atom stereocenters. The molecule has 1 saturated carbocycles. The largest absolute Gasteiger partial charge is 0.399 e. The first-order valence-electron chi connectivity index (χ1n) is 6.41. The van der Waals surface area contributed by atoms with Gasteiger partial charge in [-0.25, -0.2) is 4.98 Å². The zero-order valence-corrected chi connectivity index (χ0v) is 12.6. The average Bonchev–Trinajstić information content (AvgIpc) is 3.13. The number of anilines is 1. The summed E-state index contributed by atoms with van der Waals surface area (Å²) in [6.45, 7) is 1.67. The fraction of sp³-hybridized carbons (Fsp3) is 0.385. The van der Waals surface area contributed by atoms with Gasteiger partial charge in [0, 0.05) is 11.7 Å². The van der Waals surface area contributed by atoms with E-state index in [1.807, 2.05) is 6.07 Å². The fourth-order valence-electron chi connectivity index (χ4n) is 1.80. The Balaban J connectivity index is 1.81. The Bertz CT molecular complexity index is 694. The number of carbonyl (C=O) groups is 1. The Morgan fingerprint density at radius 2 is 2.30 bits per heavy atom. The van der Waals surface area contributed by atoms with Crippen LogP contribution in [0.5, 0.6) is 0 Å². The van der Waals surface area contributed by atoms with Crippen molar-refractivity contribution in [1.29, 1.82) is 0 Å². The molecule has 0 spiro atoms. The van der Waals surface area contributed by atoms with Crippen molar-refractivity contribution >= 4 is 43.9 Å². The van der Waals surface area contributed by atoms with E-state index in [4.69, 9.17) is 5.73 Å². The maximum Gasteiger partial charge on any atom is 0.236 e. The summed E-state index contributed by atoms with van der Waals surface area (Å²) in [6.07, 6.45) is 2.04. The third-order valence-corrected chi connectivity index (χ3v) is 6.03. The summed E-state index contributed by atoms with van der Waals surface area (Å²) in [7, 11) is -1.43. The van der Waals surface area contributed by atoms with Crippen LogP contribution in [0.25, 0.3) is 10.2 Å². The minimum Gasteiger partial charge on any atom is -0.399 e. The summed E-state index contributed by atoms with van der Waals surface area (Å²) < 4.78 is 13.8. The molecule has 1 heterocycles. The van der Waals surface area contributed by atoms with Gasteiger partial charge in [0.25, 0.3) is 0 Å². The molecule has 5 nitrogen and oxygen atoms in total. The van der Waals surface area contributed by atoms with E-state index in [9.17, 15) is 9.00 Å². The molecular weight excluding hydrogens is 294 g/mol. The molecule has 0 bridgehead atoms. The lowest BCUT2D eigenvalue weighted by atomic mass is 10.3. The molecule has 106 valence electrons.